The molecule has 5 nitrogen and oxygen atoms in total. The van der Waals surface area contributed by atoms with Crippen LogP contribution in [0, 0.1) is 12.7 Å². The van der Waals surface area contributed by atoms with Gasteiger partial charge in [-0.3, -0.25) is 4.79 Å². The third-order valence-electron chi connectivity index (χ3n) is 5.82. The Morgan fingerprint density at radius 3 is 2.65 bits per heavy atom. The van der Waals surface area contributed by atoms with Crippen LogP contribution in [0.3, 0.4) is 0 Å². The predicted octanol–water partition coefficient (Wildman–Crippen LogP) is 5.14. The summed E-state index contributed by atoms with van der Waals surface area (Å²) in [6, 6.07) is 6.47. The molecule has 2 N–H and O–H groups in total. The van der Waals surface area contributed by atoms with E-state index in [-0.39, 0.29) is 35.1 Å². The van der Waals surface area contributed by atoms with Crippen LogP contribution in [0.15, 0.2) is 30.5 Å². The first kappa shape index (κ1) is 23.4. The van der Waals surface area contributed by atoms with Crippen molar-refractivity contribution in [2.75, 3.05) is 13.1 Å². The molecule has 0 bridgehead atoms. The first-order valence-corrected chi connectivity index (χ1v) is 10.7. The summed E-state index contributed by atoms with van der Waals surface area (Å²) in [5.41, 5.74) is 2.15. The van der Waals surface area contributed by atoms with Crippen LogP contribution in [0.5, 0.6) is 5.75 Å². The van der Waals surface area contributed by atoms with E-state index in [1.165, 1.54) is 23.7 Å². The number of carbonyl (C=O) groups is 1. The lowest BCUT2D eigenvalue weighted by atomic mass is 9.90. The van der Waals surface area contributed by atoms with Gasteiger partial charge in [0.25, 0.3) is 5.91 Å². The van der Waals surface area contributed by atoms with Gasteiger partial charge in [-0.25, -0.2) is 4.39 Å². The first-order chi connectivity index (χ1) is 14.0. The molecule has 0 unspecified atom stereocenters. The van der Waals surface area contributed by atoms with Crippen molar-refractivity contribution in [1.82, 2.24) is 14.6 Å². The molecule has 1 saturated heterocycles. The molecule has 4 rings (SSSR count). The van der Waals surface area contributed by atoms with Gasteiger partial charge < -0.3 is 15.3 Å². The van der Waals surface area contributed by atoms with Gasteiger partial charge in [-0.15, -0.1) is 12.4 Å². The Hall–Kier alpha value is -2.22. The molecule has 3 aromatic rings. The van der Waals surface area contributed by atoms with Crippen LogP contribution >= 0.6 is 23.9 Å². The minimum absolute atomic E-state index is 0. The molecule has 1 aliphatic heterocycles. The predicted molar refractivity (Wildman–Crippen MR) is 126 cm³/mol. The van der Waals surface area contributed by atoms with Crippen molar-refractivity contribution in [3.8, 4) is 16.9 Å². The molecule has 0 aliphatic carbocycles. The average Bonchev–Trinajstić information content (AvgIpc) is 3.14. The smallest absolute Gasteiger partial charge is 0.255 e. The average molecular weight is 464 g/mol. The maximum absolute atomic E-state index is 14.1. The fraction of sp³-hybridized carbons (Fsp3) is 0.391. The zero-order valence-corrected chi connectivity index (χ0v) is 19.9. The Morgan fingerprint density at radius 1 is 1.23 bits per heavy atom. The summed E-state index contributed by atoms with van der Waals surface area (Å²) in [4.78, 5) is 15.7. The van der Waals surface area contributed by atoms with E-state index in [9.17, 15) is 14.3 Å². The number of nitrogens with zero attached hydrogens (tertiary/aromatic N) is 2. The maximum atomic E-state index is 14.1. The van der Waals surface area contributed by atoms with Crippen molar-refractivity contribution < 1.29 is 14.3 Å². The Morgan fingerprint density at radius 2 is 1.94 bits per heavy atom. The number of rotatable bonds is 2. The minimum atomic E-state index is -0.683. The van der Waals surface area contributed by atoms with E-state index in [1.807, 2.05) is 24.0 Å². The molecule has 0 radical (unpaired) electrons. The zero-order chi connectivity index (χ0) is 21.8. The number of fused-ring (bicyclic) bond motifs is 1. The SMILES string of the molecule is Cc1cc(O)c(F)cc1-c1cc(C(=O)N2CC(C)(C)NCC2(C)C)c2sncc2c1.Cl. The summed E-state index contributed by atoms with van der Waals surface area (Å²) in [5.74, 6) is -1.12. The molecule has 1 amide bonds. The highest BCUT2D eigenvalue weighted by Gasteiger charge is 2.41. The van der Waals surface area contributed by atoms with E-state index in [0.29, 0.717) is 24.2 Å². The quantitative estimate of drug-likeness (QED) is 0.552. The van der Waals surface area contributed by atoms with Crippen LogP contribution in [0.1, 0.15) is 43.6 Å². The number of aromatic nitrogens is 1. The molecular weight excluding hydrogens is 437 g/mol. The number of hydrogen-bond donors (Lipinski definition) is 2. The molecular formula is C23H27ClFN3O2S. The van der Waals surface area contributed by atoms with Gasteiger partial charge in [0.1, 0.15) is 0 Å². The maximum Gasteiger partial charge on any atom is 0.255 e. The standard InChI is InChI=1S/C23H26FN3O2S.ClH/c1-13-6-19(28)18(24)9-16(13)14-7-15-10-26-30-20(15)17(8-14)21(29)27-12-22(2,3)25-11-23(27,4)5;/h6-10,25,28H,11-12H2,1-5H3;1H. The number of benzene rings is 2. The minimum Gasteiger partial charge on any atom is -0.505 e. The van der Waals surface area contributed by atoms with Gasteiger partial charge in [-0.05, 0) is 87.1 Å². The third-order valence-corrected chi connectivity index (χ3v) is 6.67. The van der Waals surface area contributed by atoms with E-state index >= 15 is 0 Å². The highest BCUT2D eigenvalue weighted by molar-refractivity contribution is 7.13. The number of hydrogen-bond acceptors (Lipinski definition) is 5. The molecule has 1 aromatic heterocycles. The monoisotopic (exact) mass is 463 g/mol. The second-order valence-corrected chi connectivity index (χ2v) is 10.1. The van der Waals surface area contributed by atoms with E-state index in [2.05, 4.69) is 37.4 Å². The Bertz CT molecular complexity index is 1160. The first-order valence-electron chi connectivity index (χ1n) is 9.93. The number of carbonyl (C=O) groups excluding carboxylic acids is 1. The van der Waals surface area contributed by atoms with Gasteiger partial charge in [-0.2, -0.15) is 4.37 Å². The lowest BCUT2D eigenvalue weighted by molar-refractivity contribution is 0.0283. The van der Waals surface area contributed by atoms with Gasteiger partial charge in [-0.1, -0.05) is 0 Å². The van der Waals surface area contributed by atoms with Crippen LogP contribution in [0.2, 0.25) is 0 Å². The van der Waals surface area contributed by atoms with Crippen molar-refractivity contribution in [1.29, 1.82) is 0 Å². The fourth-order valence-corrected chi connectivity index (χ4v) is 4.72. The van der Waals surface area contributed by atoms with Crippen LogP contribution in [0.25, 0.3) is 21.2 Å². The van der Waals surface area contributed by atoms with E-state index < -0.39 is 5.82 Å². The van der Waals surface area contributed by atoms with Crippen molar-refractivity contribution >= 4 is 39.9 Å². The molecule has 2 aromatic carbocycles. The number of aromatic hydroxyl groups is 1. The summed E-state index contributed by atoms with van der Waals surface area (Å²) in [6.45, 7) is 11.4. The fourth-order valence-electron chi connectivity index (χ4n) is 3.98. The summed E-state index contributed by atoms with van der Waals surface area (Å²) in [7, 11) is 0. The van der Waals surface area contributed by atoms with Gasteiger partial charge >= 0.3 is 0 Å². The number of phenols is 1. The van der Waals surface area contributed by atoms with Gasteiger partial charge in [0.15, 0.2) is 11.6 Å². The van der Waals surface area contributed by atoms with Crippen molar-refractivity contribution in [2.24, 2.45) is 0 Å². The summed E-state index contributed by atoms with van der Waals surface area (Å²) in [5, 5.41) is 14.0. The van der Waals surface area contributed by atoms with Crippen LogP contribution in [-0.2, 0) is 0 Å². The summed E-state index contributed by atoms with van der Waals surface area (Å²) >= 11 is 1.29. The molecule has 2 heterocycles. The van der Waals surface area contributed by atoms with E-state index in [1.54, 1.807) is 6.20 Å². The van der Waals surface area contributed by atoms with Crippen molar-refractivity contribution in [3.05, 3.63) is 47.4 Å². The van der Waals surface area contributed by atoms with E-state index in [0.717, 1.165) is 21.2 Å². The Kier molecular flexibility index (Phi) is 6.08. The van der Waals surface area contributed by atoms with Crippen LogP contribution < -0.4 is 5.32 Å². The topological polar surface area (TPSA) is 65.5 Å². The Balaban J connectivity index is 0.00000272. The molecule has 0 spiro atoms. The lowest BCUT2D eigenvalue weighted by Crippen LogP contribution is -2.67. The van der Waals surface area contributed by atoms with Crippen molar-refractivity contribution in [2.45, 2.75) is 45.7 Å². The van der Waals surface area contributed by atoms with Crippen LogP contribution in [-0.4, -0.2) is 44.5 Å². The molecule has 0 atom stereocenters. The normalized spacial score (nSPS) is 17.4. The Labute approximate surface area is 191 Å². The number of halogens is 2. The molecule has 31 heavy (non-hydrogen) atoms. The number of aryl methyl sites for hydroxylation is 1. The van der Waals surface area contributed by atoms with Crippen molar-refractivity contribution in [3.63, 3.8) is 0 Å². The highest BCUT2D eigenvalue weighted by atomic mass is 35.5. The third kappa shape index (κ3) is 4.27. The van der Waals surface area contributed by atoms with Gasteiger partial charge in [0.2, 0.25) is 0 Å². The highest BCUT2D eigenvalue weighted by Crippen LogP contribution is 2.36. The number of amides is 1. The number of piperazine rings is 1. The molecule has 1 aliphatic rings. The van der Waals surface area contributed by atoms with E-state index in [4.69, 9.17) is 0 Å². The van der Waals surface area contributed by atoms with Gasteiger partial charge in [0.05, 0.1) is 15.8 Å². The van der Waals surface area contributed by atoms with Crippen LogP contribution in [0.4, 0.5) is 4.39 Å². The number of nitrogens with one attached hydrogen (secondary N) is 1. The second kappa shape index (κ2) is 8.04. The summed E-state index contributed by atoms with van der Waals surface area (Å²) < 4.78 is 19.2. The molecule has 8 heteroatoms. The number of phenolic OH excluding ortho intramolecular Hbond substituents is 1. The molecule has 166 valence electrons. The molecule has 0 saturated carbocycles. The largest absolute Gasteiger partial charge is 0.505 e. The molecule has 1 fully saturated rings. The zero-order valence-electron chi connectivity index (χ0n) is 18.2. The summed E-state index contributed by atoms with van der Waals surface area (Å²) in [6.07, 6.45) is 1.74. The second-order valence-electron chi connectivity index (χ2n) is 9.33. The van der Waals surface area contributed by atoms with Gasteiger partial charge in [0, 0.05) is 30.2 Å². The lowest BCUT2D eigenvalue weighted by Gasteiger charge is -2.49.